The third-order valence-corrected chi connectivity index (χ3v) is 3.19. The van der Waals surface area contributed by atoms with Crippen LogP contribution < -0.4 is 0 Å². The molecular formula is C16H14N2O. The molecule has 0 bridgehead atoms. The predicted octanol–water partition coefficient (Wildman–Crippen LogP) is 3.33. The van der Waals surface area contributed by atoms with E-state index in [0.717, 1.165) is 29.7 Å². The minimum absolute atomic E-state index is 0.0909. The summed E-state index contributed by atoms with van der Waals surface area (Å²) in [6.45, 7) is 0. The maximum Gasteiger partial charge on any atom is 0.192 e. The molecule has 0 spiro atoms. The first kappa shape index (κ1) is 11.7. The third kappa shape index (κ3) is 2.40. The number of imidazole rings is 1. The maximum absolute atomic E-state index is 12.3. The number of carbonyl (C=O) groups is 1. The summed E-state index contributed by atoms with van der Waals surface area (Å²) in [5.41, 5.74) is 2.52. The maximum atomic E-state index is 12.3. The van der Waals surface area contributed by atoms with Crippen molar-refractivity contribution in [3.8, 4) is 5.69 Å². The van der Waals surface area contributed by atoms with E-state index in [-0.39, 0.29) is 5.78 Å². The normalized spacial score (nSPS) is 14.2. The number of aromatic nitrogens is 2. The fourth-order valence-electron chi connectivity index (χ4n) is 2.15. The van der Waals surface area contributed by atoms with Crippen molar-refractivity contribution in [3.05, 3.63) is 72.4 Å². The number of ketones is 1. The topological polar surface area (TPSA) is 34.9 Å². The van der Waals surface area contributed by atoms with E-state index in [1.807, 2.05) is 53.3 Å². The van der Waals surface area contributed by atoms with E-state index in [4.69, 9.17) is 0 Å². The third-order valence-electron chi connectivity index (χ3n) is 3.19. The van der Waals surface area contributed by atoms with Gasteiger partial charge in [-0.15, -0.1) is 0 Å². The number of hydrogen-bond donors (Lipinski definition) is 0. The molecular weight excluding hydrogens is 236 g/mol. The molecule has 94 valence electrons. The Balaban J connectivity index is 1.85. The predicted molar refractivity (Wildman–Crippen MR) is 74.4 cm³/mol. The molecule has 0 fully saturated rings. The summed E-state index contributed by atoms with van der Waals surface area (Å²) in [7, 11) is 0. The molecule has 1 heterocycles. The molecule has 2 aromatic rings. The number of benzene rings is 1. The van der Waals surface area contributed by atoms with Crippen molar-refractivity contribution in [1.82, 2.24) is 9.55 Å². The molecule has 0 amide bonds. The Morgan fingerprint density at radius 1 is 1.16 bits per heavy atom. The zero-order valence-electron chi connectivity index (χ0n) is 10.5. The van der Waals surface area contributed by atoms with Gasteiger partial charge in [-0.1, -0.05) is 18.2 Å². The molecule has 3 nitrogen and oxygen atoms in total. The van der Waals surface area contributed by atoms with E-state index in [9.17, 15) is 4.79 Å². The highest BCUT2D eigenvalue weighted by Gasteiger charge is 2.11. The van der Waals surface area contributed by atoms with Crippen molar-refractivity contribution in [2.75, 3.05) is 0 Å². The summed E-state index contributed by atoms with van der Waals surface area (Å²) in [5, 5.41) is 0. The molecule has 19 heavy (non-hydrogen) atoms. The Bertz CT molecular complexity index is 634. The van der Waals surface area contributed by atoms with Crippen LogP contribution in [0.1, 0.15) is 23.2 Å². The van der Waals surface area contributed by atoms with Crippen molar-refractivity contribution in [2.24, 2.45) is 0 Å². The van der Waals surface area contributed by atoms with Gasteiger partial charge in [-0.05, 0) is 37.1 Å². The Labute approximate surface area is 111 Å². The van der Waals surface area contributed by atoms with Gasteiger partial charge < -0.3 is 4.57 Å². The molecule has 1 aliphatic carbocycles. The molecule has 0 aliphatic heterocycles. The summed E-state index contributed by atoms with van der Waals surface area (Å²) >= 11 is 0. The highest BCUT2D eigenvalue weighted by atomic mass is 16.1. The summed E-state index contributed by atoms with van der Waals surface area (Å²) in [5.74, 6) is 0.0909. The van der Waals surface area contributed by atoms with Crippen LogP contribution in [-0.4, -0.2) is 15.3 Å². The summed E-state index contributed by atoms with van der Waals surface area (Å²) < 4.78 is 1.91. The van der Waals surface area contributed by atoms with E-state index in [2.05, 4.69) is 4.98 Å². The molecule has 0 atom stereocenters. The van der Waals surface area contributed by atoms with Gasteiger partial charge in [0, 0.05) is 29.2 Å². The standard InChI is InChI=1S/C16H14N2O/c19-16(13-4-2-1-3-5-13)14-6-8-15(9-7-14)18-11-10-17-12-18/h2,4-12H,1,3H2. The zero-order valence-corrected chi connectivity index (χ0v) is 10.5. The highest BCUT2D eigenvalue weighted by Crippen LogP contribution is 2.17. The van der Waals surface area contributed by atoms with Gasteiger partial charge in [-0.25, -0.2) is 4.98 Å². The van der Waals surface area contributed by atoms with Crippen molar-refractivity contribution in [3.63, 3.8) is 0 Å². The molecule has 3 heteroatoms. The Morgan fingerprint density at radius 2 is 2.00 bits per heavy atom. The lowest BCUT2D eigenvalue weighted by molar-refractivity contribution is 0.103. The lowest BCUT2D eigenvalue weighted by atomic mass is 9.98. The van der Waals surface area contributed by atoms with E-state index in [0.29, 0.717) is 0 Å². The van der Waals surface area contributed by atoms with Gasteiger partial charge in [0.15, 0.2) is 5.78 Å². The van der Waals surface area contributed by atoms with Crippen molar-refractivity contribution < 1.29 is 4.79 Å². The Hall–Kier alpha value is -2.42. The first-order chi connectivity index (χ1) is 9.34. The van der Waals surface area contributed by atoms with E-state index in [1.54, 1.807) is 12.5 Å². The number of carbonyl (C=O) groups excluding carboxylic acids is 1. The van der Waals surface area contributed by atoms with Gasteiger partial charge in [0.2, 0.25) is 0 Å². The smallest absolute Gasteiger partial charge is 0.192 e. The second-order valence-corrected chi connectivity index (χ2v) is 4.49. The van der Waals surface area contributed by atoms with Gasteiger partial charge in [0.25, 0.3) is 0 Å². The second kappa shape index (κ2) is 5.06. The molecule has 1 aliphatic rings. The lowest BCUT2D eigenvalue weighted by Crippen LogP contribution is -2.03. The van der Waals surface area contributed by atoms with Gasteiger partial charge >= 0.3 is 0 Å². The van der Waals surface area contributed by atoms with Crippen LogP contribution in [0.2, 0.25) is 0 Å². The summed E-state index contributed by atoms with van der Waals surface area (Å²) in [6.07, 6.45) is 13.3. The van der Waals surface area contributed by atoms with Gasteiger partial charge in [0.1, 0.15) is 0 Å². The second-order valence-electron chi connectivity index (χ2n) is 4.49. The van der Waals surface area contributed by atoms with Gasteiger partial charge in [0.05, 0.1) is 6.33 Å². The molecule has 0 saturated heterocycles. The van der Waals surface area contributed by atoms with E-state index >= 15 is 0 Å². The minimum Gasteiger partial charge on any atom is -0.306 e. The number of hydrogen-bond acceptors (Lipinski definition) is 2. The van der Waals surface area contributed by atoms with Gasteiger partial charge in [-0.2, -0.15) is 0 Å². The van der Waals surface area contributed by atoms with E-state index in [1.165, 1.54) is 0 Å². The first-order valence-corrected chi connectivity index (χ1v) is 6.34. The van der Waals surface area contributed by atoms with Crippen LogP contribution in [0, 0.1) is 0 Å². The van der Waals surface area contributed by atoms with Crippen LogP contribution >= 0.6 is 0 Å². The number of allylic oxidation sites excluding steroid dienone is 4. The van der Waals surface area contributed by atoms with Crippen molar-refractivity contribution >= 4 is 5.78 Å². The monoisotopic (exact) mass is 250 g/mol. The zero-order chi connectivity index (χ0) is 13.1. The molecule has 3 rings (SSSR count). The van der Waals surface area contributed by atoms with E-state index < -0.39 is 0 Å². The lowest BCUT2D eigenvalue weighted by Gasteiger charge is -2.07. The summed E-state index contributed by atoms with van der Waals surface area (Å²) in [4.78, 5) is 16.3. The average Bonchev–Trinajstić information content (AvgIpc) is 3.02. The molecule has 0 N–H and O–H groups in total. The molecule has 0 saturated carbocycles. The van der Waals surface area contributed by atoms with Gasteiger partial charge in [-0.3, -0.25) is 4.79 Å². The molecule has 1 aromatic carbocycles. The number of Topliss-reactive ketones (excluding diaryl/α,β-unsaturated/α-hetero) is 1. The molecule has 0 unspecified atom stereocenters. The molecule has 0 radical (unpaired) electrons. The number of nitrogens with zero attached hydrogens (tertiary/aromatic N) is 2. The van der Waals surface area contributed by atoms with Crippen LogP contribution in [0.4, 0.5) is 0 Å². The number of rotatable bonds is 3. The van der Waals surface area contributed by atoms with Crippen LogP contribution in [0.5, 0.6) is 0 Å². The summed E-state index contributed by atoms with van der Waals surface area (Å²) in [6, 6.07) is 7.59. The minimum atomic E-state index is 0.0909. The Morgan fingerprint density at radius 3 is 2.63 bits per heavy atom. The van der Waals surface area contributed by atoms with Crippen molar-refractivity contribution in [2.45, 2.75) is 12.8 Å². The fraction of sp³-hybridized carbons (Fsp3) is 0.125. The molecule has 1 aromatic heterocycles. The quantitative estimate of drug-likeness (QED) is 0.783. The van der Waals surface area contributed by atoms with Crippen LogP contribution in [0.25, 0.3) is 5.69 Å². The average molecular weight is 250 g/mol. The van der Waals surface area contributed by atoms with Crippen molar-refractivity contribution in [1.29, 1.82) is 0 Å². The SMILES string of the molecule is O=C(C1=CCCC=C1)c1ccc(-n2ccnc2)cc1. The fourth-order valence-corrected chi connectivity index (χ4v) is 2.15. The van der Waals surface area contributed by atoms with Crippen LogP contribution in [0.3, 0.4) is 0 Å². The largest absolute Gasteiger partial charge is 0.306 e. The van der Waals surface area contributed by atoms with Crippen LogP contribution in [-0.2, 0) is 0 Å². The Kier molecular flexibility index (Phi) is 3.11. The first-order valence-electron chi connectivity index (χ1n) is 6.34. The highest BCUT2D eigenvalue weighted by molar-refractivity contribution is 6.10. The van der Waals surface area contributed by atoms with Crippen LogP contribution in [0.15, 0.2) is 66.8 Å².